The Morgan fingerprint density at radius 3 is 2.08 bits per heavy atom. The van der Waals surface area contributed by atoms with Gasteiger partial charge in [-0.1, -0.05) is 52.0 Å². The Bertz CT molecular complexity index is 776. The Morgan fingerprint density at radius 2 is 1.54 bits per heavy atom. The van der Waals surface area contributed by atoms with Gasteiger partial charge in [-0.3, -0.25) is 9.59 Å². The largest absolute Gasteiger partial charge is 0.326 e. The average molecular weight is 351 g/mol. The monoisotopic (exact) mass is 351 g/mol. The first-order chi connectivity index (χ1) is 12.4. The van der Waals surface area contributed by atoms with Crippen LogP contribution in [0.2, 0.25) is 0 Å². The van der Waals surface area contributed by atoms with Crippen molar-refractivity contribution in [3.05, 3.63) is 65.2 Å². The first-order valence-corrected chi connectivity index (χ1v) is 8.71. The lowest BCUT2D eigenvalue weighted by atomic mass is 10.0. The molecule has 5 heteroatoms. The maximum Gasteiger partial charge on any atom is 0.271 e. The van der Waals surface area contributed by atoms with Gasteiger partial charge in [-0.15, -0.1) is 0 Å². The number of carbonyl (C=O) groups excluding carboxylic acids is 2. The van der Waals surface area contributed by atoms with Crippen LogP contribution in [0.5, 0.6) is 0 Å². The molecule has 2 aromatic rings. The van der Waals surface area contributed by atoms with E-state index in [1.165, 1.54) is 5.56 Å². The second-order valence-electron chi connectivity index (χ2n) is 6.74. The Balaban J connectivity index is 1.92. The standard InChI is InChI=1S/C21H25N3O2/c1-14(2)17-7-5-16(6-8-17)13-22-24-21(26)18-9-11-19(12-10-18)23-20(25)15(3)4/h5-15H,1-4H3,(H,23,25)(H,24,26). The number of nitrogens with zero attached hydrogens (tertiary/aromatic N) is 1. The van der Waals surface area contributed by atoms with Crippen LogP contribution in [0.25, 0.3) is 0 Å². The topological polar surface area (TPSA) is 70.6 Å². The maximum absolute atomic E-state index is 12.1. The fourth-order valence-corrected chi connectivity index (χ4v) is 2.19. The molecule has 0 aliphatic heterocycles. The fraction of sp³-hybridized carbons (Fsp3) is 0.286. The van der Waals surface area contributed by atoms with Crippen LogP contribution in [0.1, 0.15) is 55.1 Å². The number of rotatable bonds is 6. The van der Waals surface area contributed by atoms with E-state index in [9.17, 15) is 9.59 Å². The molecule has 0 aliphatic carbocycles. The molecule has 0 atom stereocenters. The van der Waals surface area contributed by atoms with E-state index in [1.54, 1.807) is 30.5 Å². The third kappa shape index (κ3) is 5.55. The number of benzene rings is 2. The molecule has 0 aliphatic rings. The SMILES string of the molecule is CC(C)C(=O)Nc1ccc(C(=O)NN=Cc2ccc(C(C)C)cc2)cc1. The van der Waals surface area contributed by atoms with Crippen molar-refractivity contribution in [2.75, 3.05) is 5.32 Å². The highest BCUT2D eigenvalue weighted by Gasteiger charge is 2.08. The molecule has 0 fully saturated rings. The molecule has 0 aromatic heterocycles. The molecule has 0 saturated carbocycles. The molecule has 26 heavy (non-hydrogen) atoms. The number of hydrogen-bond donors (Lipinski definition) is 2. The number of amides is 2. The zero-order valence-electron chi connectivity index (χ0n) is 15.6. The number of anilines is 1. The van der Waals surface area contributed by atoms with E-state index < -0.39 is 0 Å². The lowest BCUT2D eigenvalue weighted by Crippen LogP contribution is -2.19. The molecule has 0 radical (unpaired) electrons. The number of nitrogens with one attached hydrogen (secondary N) is 2. The van der Waals surface area contributed by atoms with Gasteiger partial charge in [-0.2, -0.15) is 5.10 Å². The summed E-state index contributed by atoms with van der Waals surface area (Å²) >= 11 is 0. The van der Waals surface area contributed by atoms with Gasteiger partial charge in [0, 0.05) is 17.2 Å². The summed E-state index contributed by atoms with van der Waals surface area (Å²) in [5.41, 5.74) is 5.82. The van der Waals surface area contributed by atoms with Crippen LogP contribution in [0.15, 0.2) is 53.6 Å². The second-order valence-corrected chi connectivity index (χ2v) is 6.74. The van der Waals surface area contributed by atoms with E-state index in [0.29, 0.717) is 17.2 Å². The van der Waals surface area contributed by atoms with Crippen LogP contribution in [0, 0.1) is 5.92 Å². The predicted octanol–water partition coefficient (Wildman–Crippen LogP) is 4.17. The minimum Gasteiger partial charge on any atom is -0.326 e. The van der Waals surface area contributed by atoms with Gasteiger partial charge in [0.1, 0.15) is 0 Å². The molecule has 0 heterocycles. The lowest BCUT2D eigenvalue weighted by Gasteiger charge is -2.08. The van der Waals surface area contributed by atoms with Crippen molar-refractivity contribution in [3.63, 3.8) is 0 Å². The molecule has 2 aromatic carbocycles. The van der Waals surface area contributed by atoms with E-state index in [1.807, 2.05) is 26.0 Å². The van der Waals surface area contributed by atoms with Gasteiger partial charge in [-0.25, -0.2) is 5.43 Å². The van der Waals surface area contributed by atoms with Crippen LogP contribution < -0.4 is 10.7 Å². The summed E-state index contributed by atoms with van der Waals surface area (Å²) in [6.45, 7) is 7.93. The van der Waals surface area contributed by atoms with E-state index in [4.69, 9.17) is 0 Å². The van der Waals surface area contributed by atoms with Crippen LogP contribution in [0.3, 0.4) is 0 Å². The normalized spacial score (nSPS) is 11.2. The Labute approximate surface area is 154 Å². The third-order valence-electron chi connectivity index (χ3n) is 3.92. The van der Waals surface area contributed by atoms with Crippen molar-refractivity contribution >= 4 is 23.7 Å². The third-order valence-corrected chi connectivity index (χ3v) is 3.92. The van der Waals surface area contributed by atoms with Crippen molar-refractivity contribution in [3.8, 4) is 0 Å². The summed E-state index contributed by atoms with van der Waals surface area (Å²) in [6.07, 6.45) is 1.61. The summed E-state index contributed by atoms with van der Waals surface area (Å²) in [7, 11) is 0. The van der Waals surface area contributed by atoms with Gasteiger partial charge in [0.05, 0.1) is 6.21 Å². The van der Waals surface area contributed by atoms with Gasteiger partial charge in [0.25, 0.3) is 5.91 Å². The summed E-state index contributed by atoms with van der Waals surface area (Å²) in [4.78, 5) is 23.8. The van der Waals surface area contributed by atoms with Crippen LogP contribution >= 0.6 is 0 Å². The van der Waals surface area contributed by atoms with E-state index in [-0.39, 0.29) is 17.7 Å². The fourth-order valence-electron chi connectivity index (χ4n) is 2.19. The molecular formula is C21H25N3O2. The van der Waals surface area contributed by atoms with Crippen LogP contribution in [-0.4, -0.2) is 18.0 Å². The summed E-state index contributed by atoms with van der Waals surface area (Å²) in [5.74, 6) is 0.0213. The first-order valence-electron chi connectivity index (χ1n) is 8.71. The molecule has 0 unspecified atom stereocenters. The zero-order chi connectivity index (χ0) is 19.1. The quantitative estimate of drug-likeness (QED) is 0.606. The molecular weight excluding hydrogens is 326 g/mol. The van der Waals surface area contributed by atoms with Gasteiger partial charge in [-0.05, 0) is 41.3 Å². The van der Waals surface area contributed by atoms with Crippen molar-refractivity contribution in [2.24, 2.45) is 11.0 Å². The maximum atomic E-state index is 12.1. The summed E-state index contributed by atoms with van der Waals surface area (Å²) < 4.78 is 0. The average Bonchev–Trinajstić information content (AvgIpc) is 2.62. The first kappa shape index (κ1) is 19.4. The van der Waals surface area contributed by atoms with Gasteiger partial charge < -0.3 is 5.32 Å². The minimum absolute atomic E-state index is 0.0599. The van der Waals surface area contributed by atoms with E-state index in [0.717, 1.165) is 5.56 Å². The highest BCUT2D eigenvalue weighted by molar-refractivity contribution is 5.96. The predicted molar refractivity (Wildman–Crippen MR) is 106 cm³/mol. The zero-order valence-corrected chi connectivity index (χ0v) is 15.6. The molecule has 5 nitrogen and oxygen atoms in total. The second kappa shape index (κ2) is 8.94. The smallest absolute Gasteiger partial charge is 0.271 e. The molecule has 0 bridgehead atoms. The minimum atomic E-state index is -0.304. The summed E-state index contributed by atoms with van der Waals surface area (Å²) in [6, 6.07) is 14.7. The Morgan fingerprint density at radius 1 is 0.923 bits per heavy atom. The van der Waals surface area contributed by atoms with Crippen molar-refractivity contribution in [2.45, 2.75) is 33.6 Å². The number of carbonyl (C=O) groups is 2. The molecule has 2 amide bonds. The van der Waals surface area contributed by atoms with Gasteiger partial charge in [0.2, 0.25) is 5.91 Å². The highest BCUT2D eigenvalue weighted by atomic mass is 16.2. The van der Waals surface area contributed by atoms with E-state index in [2.05, 4.69) is 41.8 Å². The molecule has 2 rings (SSSR count). The molecule has 2 N–H and O–H groups in total. The van der Waals surface area contributed by atoms with Crippen molar-refractivity contribution in [1.82, 2.24) is 5.43 Å². The van der Waals surface area contributed by atoms with Crippen LogP contribution in [-0.2, 0) is 4.79 Å². The van der Waals surface area contributed by atoms with Crippen molar-refractivity contribution < 1.29 is 9.59 Å². The molecule has 0 spiro atoms. The van der Waals surface area contributed by atoms with Gasteiger partial charge in [0.15, 0.2) is 0 Å². The van der Waals surface area contributed by atoms with E-state index >= 15 is 0 Å². The summed E-state index contributed by atoms with van der Waals surface area (Å²) in [5, 5.41) is 6.78. The van der Waals surface area contributed by atoms with Gasteiger partial charge >= 0.3 is 0 Å². The van der Waals surface area contributed by atoms with Crippen LogP contribution in [0.4, 0.5) is 5.69 Å². The highest BCUT2D eigenvalue weighted by Crippen LogP contribution is 2.14. The lowest BCUT2D eigenvalue weighted by molar-refractivity contribution is -0.118. The number of hydrazone groups is 1. The molecule has 0 saturated heterocycles. The Hall–Kier alpha value is -2.95. The number of hydrogen-bond acceptors (Lipinski definition) is 3. The van der Waals surface area contributed by atoms with Crippen molar-refractivity contribution in [1.29, 1.82) is 0 Å². The molecule has 136 valence electrons. The Kier molecular flexibility index (Phi) is 6.67.